The Balaban J connectivity index is 2.02. The number of ketones is 1. The van der Waals surface area contributed by atoms with Gasteiger partial charge in [-0.15, -0.1) is 0 Å². The third-order valence-electron chi connectivity index (χ3n) is 4.93. The number of aryl methyl sites for hydroxylation is 3. The molecule has 0 bridgehead atoms. The highest BCUT2D eigenvalue weighted by Gasteiger charge is 2.29. The van der Waals surface area contributed by atoms with E-state index in [1.165, 1.54) is 0 Å². The molecular formula is C24H24N2O4. The number of carbonyl (C=O) groups excluding carboxylic acids is 3. The minimum Gasteiger partial charge on any atom is -0.462 e. The fourth-order valence-electron chi connectivity index (χ4n) is 3.27. The molecule has 154 valence electrons. The zero-order chi connectivity index (χ0) is 21.8. The van der Waals surface area contributed by atoms with Gasteiger partial charge in [0.1, 0.15) is 5.69 Å². The lowest BCUT2D eigenvalue weighted by Crippen LogP contribution is -2.24. The summed E-state index contributed by atoms with van der Waals surface area (Å²) in [4.78, 5) is 41.3. The number of benzene rings is 2. The number of hydrogen-bond acceptors (Lipinski definition) is 4. The summed E-state index contributed by atoms with van der Waals surface area (Å²) in [6, 6.07) is 14.4. The summed E-state index contributed by atoms with van der Waals surface area (Å²) in [5.41, 5.74) is 4.42. The predicted molar refractivity (Wildman–Crippen MR) is 116 cm³/mol. The molecule has 0 aliphatic heterocycles. The number of aromatic nitrogens is 1. The van der Waals surface area contributed by atoms with Gasteiger partial charge in [0, 0.05) is 16.9 Å². The van der Waals surface area contributed by atoms with Crippen molar-refractivity contribution in [2.24, 2.45) is 0 Å². The Morgan fingerprint density at radius 1 is 0.967 bits per heavy atom. The van der Waals surface area contributed by atoms with E-state index in [-0.39, 0.29) is 17.9 Å². The first kappa shape index (κ1) is 21.0. The van der Waals surface area contributed by atoms with Crippen molar-refractivity contribution < 1.29 is 19.1 Å². The van der Waals surface area contributed by atoms with E-state index in [0.29, 0.717) is 22.5 Å². The standard InChI is InChI=1S/C24H24N2O4/c1-5-30-24(29)19-16(4)25-21(20(19)17-9-7-6-8-10-17)22(27)23(28)26-18-12-11-14(2)15(3)13-18/h6-13,25H,5H2,1-4H3,(H,26,28). The van der Waals surface area contributed by atoms with E-state index in [4.69, 9.17) is 4.74 Å². The van der Waals surface area contributed by atoms with Crippen molar-refractivity contribution in [3.63, 3.8) is 0 Å². The van der Waals surface area contributed by atoms with Gasteiger partial charge in [-0.3, -0.25) is 9.59 Å². The number of hydrogen-bond donors (Lipinski definition) is 2. The molecule has 0 fully saturated rings. The lowest BCUT2D eigenvalue weighted by Gasteiger charge is -2.09. The van der Waals surface area contributed by atoms with E-state index in [9.17, 15) is 14.4 Å². The average molecular weight is 404 g/mol. The van der Waals surface area contributed by atoms with Crippen LogP contribution in [0.1, 0.15) is 44.6 Å². The SMILES string of the molecule is CCOC(=O)c1c(C)[nH]c(C(=O)C(=O)Nc2ccc(C)c(C)c2)c1-c1ccccc1. The molecule has 0 atom stereocenters. The molecular weight excluding hydrogens is 380 g/mol. The number of H-pyrrole nitrogens is 1. The van der Waals surface area contributed by atoms with Gasteiger partial charge in [-0.05, 0) is 56.5 Å². The van der Waals surface area contributed by atoms with Crippen molar-refractivity contribution in [2.45, 2.75) is 27.7 Å². The van der Waals surface area contributed by atoms with Gasteiger partial charge < -0.3 is 15.0 Å². The fourth-order valence-corrected chi connectivity index (χ4v) is 3.27. The van der Waals surface area contributed by atoms with E-state index in [1.807, 2.05) is 32.0 Å². The predicted octanol–water partition coefficient (Wildman–Crippen LogP) is 4.61. The molecule has 6 nitrogen and oxygen atoms in total. The largest absolute Gasteiger partial charge is 0.462 e. The van der Waals surface area contributed by atoms with Crippen LogP contribution in [-0.2, 0) is 9.53 Å². The zero-order valence-corrected chi connectivity index (χ0v) is 17.5. The average Bonchev–Trinajstić information content (AvgIpc) is 3.08. The van der Waals surface area contributed by atoms with Gasteiger partial charge in [-0.1, -0.05) is 36.4 Å². The number of carbonyl (C=O) groups is 3. The number of amides is 1. The van der Waals surface area contributed by atoms with Gasteiger partial charge in [0.2, 0.25) is 0 Å². The summed E-state index contributed by atoms with van der Waals surface area (Å²) >= 11 is 0. The molecule has 6 heteroatoms. The van der Waals surface area contributed by atoms with Crippen LogP contribution in [0.5, 0.6) is 0 Å². The molecule has 0 radical (unpaired) electrons. The number of nitrogens with one attached hydrogen (secondary N) is 2. The monoisotopic (exact) mass is 404 g/mol. The quantitative estimate of drug-likeness (QED) is 0.357. The van der Waals surface area contributed by atoms with Crippen molar-refractivity contribution in [1.82, 2.24) is 4.98 Å². The Labute approximate surface area is 175 Å². The third-order valence-corrected chi connectivity index (χ3v) is 4.93. The molecule has 2 N–H and O–H groups in total. The molecule has 0 saturated heterocycles. The third kappa shape index (κ3) is 4.17. The molecule has 0 aliphatic carbocycles. The molecule has 3 aromatic rings. The van der Waals surface area contributed by atoms with Crippen LogP contribution in [0.3, 0.4) is 0 Å². The molecule has 2 aromatic carbocycles. The summed E-state index contributed by atoms with van der Waals surface area (Å²) in [5, 5.41) is 2.65. The maximum absolute atomic E-state index is 13.0. The minimum atomic E-state index is -0.785. The molecule has 3 rings (SSSR count). The summed E-state index contributed by atoms with van der Waals surface area (Å²) in [6.07, 6.45) is 0. The second-order valence-corrected chi connectivity index (χ2v) is 7.04. The summed E-state index contributed by atoms with van der Waals surface area (Å²) < 4.78 is 5.17. The van der Waals surface area contributed by atoms with Gasteiger partial charge in [-0.2, -0.15) is 0 Å². The van der Waals surface area contributed by atoms with Crippen LogP contribution < -0.4 is 5.32 Å². The smallest absolute Gasteiger partial charge is 0.340 e. The first-order chi connectivity index (χ1) is 14.3. The second-order valence-electron chi connectivity index (χ2n) is 7.04. The van der Waals surface area contributed by atoms with Crippen LogP contribution in [0, 0.1) is 20.8 Å². The molecule has 0 saturated carbocycles. The van der Waals surface area contributed by atoms with Crippen LogP contribution in [0.2, 0.25) is 0 Å². The van der Waals surface area contributed by atoms with E-state index in [2.05, 4.69) is 10.3 Å². The fraction of sp³-hybridized carbons (Fsp3) is 0.208. The first-order valence-electron chi connectivity index (χ1n) is 9.71. The summed E-state index contributed by atoms with van der Waals surface area (Å²) in [6.45, 7) is 7.49. The van der Waals surface area contributed by atoms with Crippen molar-refractivity contribution in [1.29, 1.82) is 0 Å². The Morgan fingerprint density at radius 3 is 2.30 bits per heavy atom. The van der Waals surface area contributed by atoms with E-state index in [0.717, 1.165) is 11.1 Å². The van der Waals surface area contributed by atoms with Gasteiger partial charge >= 0.3 is 5.97 Å². The molecule has 1 aromatic heterocycles. The second kappa shape index (κ2) is 8.78. The van der Waals surface area contributed by atoms with Crippen molar-refractivity contribution in [3.05, 3.63) is 76.6 Å². The maximum Gasteiger partial charge on any atom is 0.340 e. The molecule has 0 unspecified atom stereocenters. The van der Waals surface area contributed by atoms with Gasteiger partial charge in [-0.25, -0.2) is 4.79 Å². The Morgan fingerprint density at radius 2 is 1.67 bits per heavy atom. The highest BCUT2D eigenvalue weighted by molar-refractivity contribution is 6.47. The van der Waals surface area contributed by atoms with Gasteiger partial charge in [0.15, 0.2) is 0 Å². The number of rotatable bonds is 6. The van der Waals surface area contributed by atoms with Gasteiger partial charge in [0.25, 0.3) is 11.7 Å². The number of Topliss-reactive ketones (excluding diaryl/α,β-unsaturated/α-hetero) is 1. The Hall–Kier alpha value is -3.67. The summed E-state index contributed by atoms with van der Waals surface area (Å²) in [5.74, 6) is -2.09. The zero-order valence-electron chi connectivity index (χ0n) is 17.5. The number of ether oxygens (including phenoxy) is 1. The minimum absolute atomic E-state index is 0.0584. The van der Waals surface area contributed by atoms with E-state index < -0.39 is 17.7 Å². The van der Waals surface area contributed by atoms with E-state index >= 15 is 0 Å². The maximum atomic E-state index is 13.0. The Kier molecular flexibility index (Phi) is 6.16. The van der Waals surface area contributed by atoms with Crippen molar-refractivity contribution in [2.75, 3.05) is 11.9 Å². The number of aromatic amines is 1. The van der Waals surface area contributed by atoms with Crippen molar-refractivity contribution >= 4 is 23.3 Å². The molecule has 1 amide bonds. The highest BCUT2D eigenvalue weighted by Crippen LogP contribution is 2.31. The lowest BCUT2D eigenvalue weighted by molar-refractivity contribution is -0.112. The van der Waals surface area contributed by atoms with Crippen LogP contribution in [0.4, 0.5) is 5.69 Å². The van der Waals surface area contributed by atoms with Crippen LogP contribution in [0.15, 0.2) is 48.5 Å². The highest BCUT2D eigenvalue weighted by atomic mass is 16.5. The first-order valence-corrected chi connectivity index (χ1v) is 9.71. The molecule has 0 aliphatic rings. The number of esters is 1. The van der Waals surface area contributed by atoms with Crippen LogP contribution >= 0.6 is 0 Å². The lowest BCUT2D eigenvalue weighted by atomic mass is 9.98. The van der Waals surface area contributed by atoms with Gasteiger partial charge in [0.05, 0.1) is 12.2 Å². The topological polar surface area (TPSA) is 88.3 Å². The van der Waals surface area contributed by atoms with Crippen molar-refractivity contribution in [3.8, 4) is 11.1 Å². The molecule has 30 heavy (non-hydrogen) atoms. The van der Waals surface area contributed by atoms with Crippen LogP contribution in [-0.4, -0.2) is 29.3 Å². The van der Waals surface area contributed by atoms with Crippen LogP contribution in [0.25, 0.3) is 11.1 Å². The normalized spacial score (nSPS) is 10.5. The number of anilines is 1. The summed E-state index contributed by atoms with van der Waals surface area (Å²) in [7, 11) is 0. The van der Waals surface area contributed by atoms with E-state index in [1.54, 1.807) is 44.2 Å². The molecule has 0 spiro atoms. The molecule has 1 heterocycles. The Bertz CT molecular complexity index is 1110.